The molecule has 0 bridgehead atoms. The van der Waals surface area contributed by atoms with Crippen molar-refractivity contribution in [1.29, 1.82) is 0 Å². The van der Waals surface area contributed by atoms with Crippen LogP contribution in [0.5, 0.6) is 5.75 Å². The van der Waals surface area contributed by atoms with E-state index in [1.807, 2.05) is 24.3 Å². The number of halogens is 3. The Labute approximate surface area is 218 Å². The van der Waals surface area contributed by atoms with Crippen LogP contribution in [0, 0.1) is 6.92 Å². The van der Waals surface area contributed by atoms with Gasteiger partial charge < -0.3 is 19.5 Å². The Balaban J connectivity index is 0.000000289. The van der Waals surface area contributed by atoms with E-state index in [1.54, 1.807) is 51.4 Å². The fourth-order valence-corrected chi connectivity index (χ4v) is 4.17. The number of alkyl halides is 2. The summed E-state index contributed by atoms with van der Waals surface area (Å²) < 4.78 is 31.5. The summed E-state index contributed by atoms with van der Waals surface area (Å²) in [6, 6.07) is 15.8. The van der Waals surface area contributed by atoms with Crippen molar-refractivity contribution >= 4 is 29.1 Å². The Kier molecular flexibility index (Phi) is 9.41. The number of aromatic nitrogens is 1. The molecule has 0 saturated carbocycles. The van der Waals surface area contributed by atoms with Gasteiger partial charge in [-0.2, -0.15) is 0 Å². The largest absolute Gasteiger partial charge is 0.497 e. The van der Waals surface area contributed by atoms with Crippen LogP contribution in [-0.2, 0) is 11.3 Å². The Morgan fingerprint density at radius 1 is 1.11 bits per heavy atom. The summed E-state index contributed by atoms with van der Waals surface area (Å²) in [7, 11) is 3.18. The van der Waals surface area contributed by atoms with Crippen LogP contribution in [0.4, 0.5) is 14.5 Å². The number of amides is 2. The second-order valence-electron chi connectivity index (χ2n) is 8.46. The number of methoxy groups -OCH3 is 1. The molecule has 1 unspecified atom stereocenters. The van der Waals surface area contributed by atoms with Crippen LogP contribution in [0.3, 0.4) is 0 Å². The Hall–Kier alpha value is -3.72. The van der Waals surface area contributed by atoms with Gasteiger partial charge in [0.05, 0.1) is 13.7 Å². The van der Waals surface area contributed by atoms with Gasteiger partial charge in [-0.3, -0.25) is 14.4 Å². The van der Waals surface area contributed by atoms with E-state index in [-0.39, 0.29) is 29.8 Å². The van der Waals surface area contributed by atoms with Crippen LogP contribution in [-0.4, -0.2) is 43.5 Å². The maximum absolute atomic E-state index is 12.7. The topological polar surface area (TPSA) is 80.6 Å². The molecule has 1 fully saturated rings. The van der Waals surface area contributed by atoms with Crippen LogP contribution in [0.25, 0.3) is 0 Å². The molecule has 2 aromatic carbocycles. The summed E-state index contributed by atoms with van der Waals surface area (Å²) in [6.07, 6.45) is -1.02. The first-order valence-electron chi connectivity index (χ1n) is 11.5. The summed E-state index contributed by atoms with van der Waals surface area (Å²) in [4.78, 5) is 37.5. The van der Waals surface area contributed by atoms with Crippen molar-refractivity contribution in [2.45, 2.75) is 32.2 Å². The third kappa shape index (κ3) is 6.95. The highest BCUT2D eigenvalue weighted by Gasteiger charge is 2.34. The summed E-state index contributed by atoms with van der Waals surface area (Å²) in [5.41, 5.74) is 1.83. The van der Waals surface area contributed by atoms with Crippen molar-refractivity contribution in [3.8, 4) is 5.75 Å². The predicted molar refractivity (Wildman–Crippen MR) is 139 cm³/mol. The first kappa shape index (κ1) is 27.9. The minimum atomic E-state index is -2.63. The summed E-state index contributed by atoms with van der Waals surface area (Å²) >= 11 is 5.63. The lowest BCUT2D eigenvalue weighted by atomic mass is 9.98. The molecular weight excluding hydrogens is 504 g/mol. The standard InChI is InChI=1S/C19H20F2N2O3.C8H8ClNO/c1-12-7-8-22(11-16(20)21)19(25)18(12)23-10-14(9-17(23)24)13-3-5-15(26-2)6-4-13;1-10-8(11)6-2-4-7(9)5-3-6/h3-8,14,16H,9-11H2,1-2H3;2-5H,1H3,(H,10,11). The first-order chi connectivity index (χ1) is 17.6. The number of aryl methyl sites for hydroxylation is 1. The number of nitrogens with one attached hydrogen (secondary N) is 1. The van der Waals surface area contributed by atoms with Gasteiger partial charge in [0, 0.05) is 42.7 Å². The van der Waals surface area contributed by atoms with E-state index < -0.39 is 18.5 Å². The van der Waals surface area contributed by atoms with Gasteiger partial charge in [-0.15, -0.1) is 0 Å². The summed E-state index contributed by atoms with van der Waals surface area (Å²) in [5, 5.41) is 3.16. The van der Waals surface area contributed by atoms with Crippen LogP contribution < -0.4 is 20.5 Å². The van der Waals surface area contributed by atoms with Crippen molar-refractivity contribution in [2.75, 3.05) is 25.6 Å². The monoisotopic (exact) mass is 531 g/mol. The molecule has 196 valence electrons. The number of benzene rings is 2. The fourth-order valence-electron chi connectivity index (χ4n) is 4.04. The first-order valence-corrected chi connectivity index (χ1v) is 11.9. The van der Waals surface area contributed by atoms with Crippen LogP contribution in [0.15, 0.2) is 65.6 Å². The number of carbonyl (C=O) groups is 2. The highest BCUT2D eigenvalue weighted by molar-refractivity contribution is 6.30. The molecule has 0 spiro atoms. The minimum absolute atomic E-state index is 0.0593. The lowest BCUT2D eigenvalue weighted by Gasteiger charge is -2.20. The van der Waals surface area contributed by atoms with E-state index in [2.05, 4.69) is 5.32 Å². The maximum atomic E-state index is 12.7. The molecule has 1 saturated heterocycles. The Morgan fingerprint density at radius 3 is 2.32 bits per heavy atom. The van der Waals surface area contributed by atoms with Gasteiger partial charge in [0.15, 0.2) is 0 Å². The second kappa shape index (κ2) is 12.5. The molecule has 0 radical (unpaired) electrons. The lowest BCUT2D eigenvalue weighted by Crippen LogP contribution is -2.35. The molecule has 2 amide bonds. The average molecular weight is 532 g/mol. The molecule has 7 nitrogen and oxygen atoms in total. The van der Waals surface area contributed by atoms with Crippen molar-refractivity contribution in [2.24, 2.45) is 0 Å². The molecule has 1 aliphatic rings. The number of hydrogen-bond acceptors (Lipinski definition) is 4. The zero-order valence-corrected chi connectivity index (χ0v) is 21.5. The third-order valence-corrected chi connectivity index (χ3v) is 6.24. The van der Waals surface area contributed by atoms with Crippen LogP contribution in [0.1, 0.15) is 33.8 Å². The van der Waals surface area contributed by atoms with Crippen molar-refractivity contribution in [3.63, 3.8) is 0 Å². The quantitative estimate of drug-likeness (QED) is 0.502. The molecule has 37 heavy (non-hydrogen) atoms. The Morgan fingerprint density at radius 2 is 1.76 bits per heavy atom. The molecular formula is C27H28ClF2N3O4. The normalized spacial score (nSPS) is 14.8. The number of hydrogen-bond donors (Lipinski definition) is 1. The second-order valence-corrected chi connectivity index (χ2v) is 8.90. The van der Waals surface area contributed by atoms with Gasteiger partial charge >= 0.3 is 0 Å². The van der Waals surface area contributed by atoms with Gasteiger partial charge in [-0.05, 0) is 60.5 Å². The van der Waals surface area contributed by atoms with Crippen LogP contribution >= 0.6 is 11.6 Å². The zero-order chi connectivity index (χ0) is 27.1. The van der Waals surface area contributed by atoms with E-state index in [0.717, 1.165) is 15.9 Å². The van der Waals surface area contributed by atoms with E-state index in [4.69, 9.17) is 16.3 Å². The lowest BCUT2D eigenvalue weighted by molar-refractivity contribution is -0.117. The molecule has 1 atom stereocenters. The molecule has 10 heteroatoms. The smallest absolute Gasteiger partial charge is 0.274 e. The molecule has 4 rings (SSSR count). The van der Waals surface area contributed by atoms with E-state index in [1.165, 1.54) is 11.1 Å². The highest BCUT2D eigenvalue weighted by atomic mass is 35.5. The van der Waals surface area contributed by atoms with Crippen molar-refractivity contribution < 1.29 is 23.1 Å². The Bertz CT molecular complexity index is 1290. The molecule has 3 aromatic rings. The van der Waals surface area contributed by atoms with Gasteiger partial charge in [0.1, 0.15) is 11.4 Å². The van der Waals surface area contributed by atoms with Gasteiger partial charge in [-0.25, -0.2) is 8.78 Å². The average Bonchev–Trinajstić information content (AvgIpc) is 3.27. The van der Waals surface area contributed by atoms with E-state index in [0.29, 0.717) is 22.7 Å². The number of nitrogens with zero attached hydrogens (tertiary/aromatic N) is 2. The highest BCUT2D eigenvalue weighted by Crippen LogP contribution is 2.32. The number of anilines is 1. The van der Waals surface area contributed by atoms with E-state index >= 15 is 0 Å². The van der Waals surface area contributed by atoms with Crippen molar-refractivity contribution in [1.82, 2.24) is 9.88 Å². The molecule has 2 heterocycles. The third-order valence-electron chi connectivity index (χ3n) is 5.99. The molecule has 1 aliphatic heterocycles. The molecule has 1 N–H and O–H groups in total. The van der Waals surface area contributed by atoms with Gasteiger partial charge in [0.25, 0.3) is 17.9 Å². The number of ether oxygens (including phenoxy) is 1. The van der Waals surface area contributed by atoms with Gasteiger partial charge in [0.2, 0.25) is 5.91 Å². The fraction of sp³-hybridized carbons (Fsp3) is 0.296. The van der Waals surface area contributed by atoms with Crippen LogP contribution in [0.2, 0.25) is 5.02 Å². The van der Waals surface area contributed by atoms with E-state index in [9.17, 15) is 23.2 Å². The number of carbonyl (C=O) groups excluding carboxylic acids is 2. The predicted octanol–water partition coefficient (Wildman–Crippen LogP) is 4.65. The molecule has 0 aliphatic carbocycles. The van der Waals surface area contributed by atoms with Crippen molar-refractivity contribution in [3.05, 3.63) is 92.9 Å². The number of pyridine rings is 1. The maximum Gasteiger partial charge on any atom is 0.274 e. The summed E-state index contributed by atoms with van der Waals surface area (Å²) in [5.74, 6) is 0.391. The number of rotatable bonds is 6. The minimum Gasteiger partial charge on any atom is -0.497 e. The molecule has 1 aromatic heterocycles. The SMILES string of the molecule is CNC(=O)c1ccc(Cl)cc1.COc1ccc(C2CC(=O)N(c3c(C)ccn(CC(F)F)c3=O)C2)cc1. The van der Waals surface area contributed by atoms with Gasteiger partial charge in [-0.1, -0.05) is 23.7 Å². The summed E-state index contributed by atoms with van der Waals surface area (Å²) in [6.45, 7) is 1.37. The zero-order valence-electron chi connectivity index (χ0n) is 20.7.